The molecule has 1 unspecified atom stereocenters. The molecule has 1 atom stereocenters. The van der Waals surface area contributed by atoms with Gasteiger partial charge in [-0.2, -0.15) is 0 Å². The van der Waals surface area contributed by atoms with Crippen LogP contribution in [-0.4, -0.2) is 36.6 Å². The van der Waals surface area contributed by atoms with Gasteiger partial charge in [0, 0.05) is 18.7 Å². The maximum absolute atomic E-state index is 9.29. The Morgan fingerprint density at radius 1 is 1.28 bits per heavy atom. The molecule has 0 saturated heterocycles. The number of benzene rings is 1. The highest BCUT2D eigenvalue weighted by Crippen LogP contribution is 2.29. The molecule has 0 aromatic heterocycles. The standard InChI is InChI=1S/C14H23NO3/c1-9-5-10(2)13(14(18-4)11(9)3)7-15-6-12(17)8-16/h5,12,15-17H,6-8H2,1-4H3. The van der Waals surface area contributed by atoms with Crippen LogP contribution in [0.3, 0.4) is 0 Å². The van der Waals surface area contributed by atoms with Gasteiger partial charge in [0.15, 0.2) is 0 Å². The molecular formula is C14H23NO3. The smallest absolute Gasteiger partial charge is 0.126 e. The van der Waals surface area contributed by atoms with Crippen molar-refractivity contribution in [3.63, 3.8) is 0 Å². The first kappa shape index (κ1) is 15.0. The first-order valence-corrected chi connectivity index (χ1v) is 6.14. The van der Waals surface area contributed by atoms with Crippen molar-refractivity contribution in [1.29, 1.82) is 0 Å². The van der Waals surface area contributed by atoms with E-state index < -0.39 is 6.10 Å². The van der Waals surface area contributed by atoms with Crippen molar-refractivity contribution in [2.24, 2.45) is 0 Å². The number of aliphatic hydroxyl groups is 2. The van der Waals surface area contributed by atoms with E-state index in [9.17, 15) is 5.11 Å². The maximum Gasteiger partial charge on any atom is 0.126 e. The fraction of sp³-hybridized carbons (Fsp3) is 0.571. The maximum atomic E-state index is 9.29. The first-order chi connectivity index (χ1) is 8.51. The number of rotatable bonds is 6. The first-order valence-electron chi connectivity index (χ1n) is 6.14. The van der Waals surface area contributed by atoms with Gasteiger partial charge in [-0.3, -0.25) is 0 Å². The van der Waals surface area contributed by atoms with Gasteiger partial charge in [-0.1, -0.05) is 6.07 Å². The van der Waals surface area contributed by atoms with Gasteiger partial charge in [-0.15, -0.1) is 0 Å². The highest BCUT2D eigenvalue weighted by Gasteiger charge is 2.12. The average molecular weight is 253 g/mol. The number of aliphatic hydroxyl groups excluding tert-OH is 2. The van der Waals surface area contributed by atoms with Crippen LogP contribution in [0.5, 0.6) is 5.75 Å². The van der Waals surface area contributed by atoms with E-state index in [0.29, 0.717) is 13.1 Å². The second-order valence-corrected chi connectivity index (χ2v) is 4.61. The summed E-state index contributed by atoms with van der Waals surface area (Å²) in [6.45, 7) is 6.92. The Morgan fingerprint density at radius 3 is 2.50 bits per heavy atom. The average Bonchev–Trinajstić information content (AvgIpc) is 2.35. The van der Waals surface area contributed by atoms with E-state index >= 15 is 0 Å². The van der Waals surface area contributed by atoms with E-state index in [-0.39, 0.29) is 6.61 Å². The van der Waals surface area contributed by atoms with Crippen molar-refractivity contribution >= 4 is 0 Å². The van der Waals surface area contributed by atoms with Crippen molar-refractivity contribution in [3.8, 4) is 5.75 Å². The van der Waals surface area contributed by atoms with Crippen LogP contribution in [0.15, 0.2) is 6.07 Å². The summed E-state index contributed by atoms with van der Waals surface area (Å²) in [5, 5.41) is 21.2. The number of methoxy groups -OCH3 is 1. The molecule has 0 aliphatic carbocycles. The van der Waals surface area contributed by atoms with Crippen LogP contribution in [0.4, 0.5) is 0 Å². The third kappa shape index (κ3) is 3.45. The van der Waals surface area contributed by atoms with E-state index in [2.05, 4.69) is 25.2 Å². The Hall–Kier alpha value is -1.10. The van der Waals surface area contributed by atoms with Crippen molar-refractivity contribution in [3.05, 3.63) is 28.3 Å². The monoisotopic (exact) mass is 253 g/mol. The number of hydrogen-bond acceptors (Lipinski definition) is 4. The third-order valence-electron chi connectivity index (χ3n) is 3.21. The summed E-state index contributed by atoms with van der Waals surface area (Å²) in [4.78, 5) is 0. The molecule has 0 aliphatic rings. The normalized spacial score (nSPS) is 12.6. The molecule has 0 spiro atoms. The summed E-state index contributed by atoms with van der Waals surface area (Å²) in [6, 6.07) is 2.14. The van der Waals surface area contributed by atoms with E-state index in [4.69, 9.17) is 9.84 Å². The summed E-state index contributed by atoms with van der Waals surface area (Å²) in [6.07, 6.45) is -0.720. The van der Waals surface area contributed by atoms with Crippen molar-refractivity contribution in [1.82, 2.24) is 5.32 Å². The fourth-order valence-electron chi connectivity index (χ4n) is 2.03. The minimum Gasteiger partial charge on any atom is -0.496 e. The van der Waals surface area contributed by atoms with Crippen molar-refractivity contribution in [2.45, 2.75) is 33.4 Å². The molecule has 0 saturated carbocycles. The van der Waals surface area contributed by atoms with Gasteiger partial charge < -0.3 is 20.3 Å². The van der Waals surface area contributed by atoms with Gasteiger partial charge in [0.1, 0.15) is 5.75 Å². The number of ether oxygens (including phenoxy) is 1. The molecule has 3 N–H and O–H groups in total. The number of aryl methyl sites for hydroxylation is 2. The van der Waals surface area contributed by atoms with Crippen molar-refractivity contribution in [2.75, 3.05) is 20.3 Å². The zero-order chi connectivity index (χ0) is 13.7. The molecule has 18 heavy (non-hydrogen) atoms. The Labute approximate surface area is 109 Å². The molecule has 4 nitrogen and oxygen atoms in total. The van der Waals surface area contributed by atoms with Gasteiger partial charge in [0.25, 0.3) is 0 Å². The topological polar surface area (TPSA) is 61.7 Å². The molecule has 1 aromatic rings. The second kappa shape index (κ2) is 6.73. The summed E-state index contributed by atoms with van der Waals surface area (Å²) in [5.41, 5.74) is 4.62. The Morgan fingerprint density at radius 2 is 1.94 bits per heavy atom. The van der Waals surface area contributed by atoms with Crippen LogP contribution in [-0.2, 0) is 6.54 Å². The predicted octanol–water partition coefficient (Wildman–Crippen LogP) is 1.06. The Bertz CT molecular complexity index is 405. The summed E-state index contributed by atoms with van der Waals surface area (Å²) < 4.78 is 5.47. The molecule has 1 rings (SSSR count). The highest BCUT2D eigenvalue weighted by atomic mass is 16.5. The minimum absolute atomic E-state index is 0.226. The molecule has 0 aliphatic heterocycles. The van der Waals surface area contributed by atoms with Gasteiger partial charge in [-0.05, 0) is 37.5 Å². The van der Waals surface area contributed by atoms with Crippen LogP contribution in [0, 0.1) is 20.8 Å². The Balaban J connectivity index is 2.84. The summed E-state index contributed by atoms with van der Waals surface area (Å²) >= 11 is 0. The molecule has 0 heterocycles. The van der Waals surface area contributed by atoms with E-state index in [0.717, 1.165) is 16.9 Å². The third-order valence-corrected chi connectivity index (χ3v) is 3.21. The van der Waals surface area contributed by atoms with Gasteiger partial charge in [0.2, 0.25) is 0 Å². The lowest BCUT2D eigenvalue weighted by molar-refractivity contribution is 0.0941. The SMILES string of the molecule is COc1c(C)c(C)cc(C)c1CNCC(O)CO. The van der Waals surface area contributed by atoms with Gasteiger partial charge >= 0.3 is 0 Å². The molecule has 102 valence electrons. The minimum atomic E-state index is -0.720. The zero-order valence-electron chi connectivity index (χ0n) is 11.6. The molecule has 0 fully saturated rings. The molecule has 0 amide bonds. The molecule has 0 bridgehead atoms. The van der Waals surface area contributed by atoms with Gasteiger partial charge in [0.05, 0.1) is 19.8 Å². The van der Waals surface area contributed by atoms with E-state index in [1.165, 1.54) is 11.1 Å². The predicted molar refractivity (Wildman–Crippen MR) is 72.0 cm³/mol. The number of nitrogens with one attached hydrogen (secondary N) is 1. The number of hydrogen-bond donors (Lipinski definition) is 3. The van der Waals surface area contributed by atoms with Gasteiger partial charge in [-0.25, -0.2) is 0 Å². The van der Waals surface area contributed by atoms with Crippen LogP contribution < -0.4 is 10.1 Å². The summed E-state index contributed by atoms with van der Waals surface area (Å²) in [7, 11) is 1.67. The molecular weight excluding hydrogens is 230 g/mol. The molecule has 0 radical (unpaired) electrons. The largest absolute Gasteiger partial charge is 0.496 e. The lowest BCUT2D eigenvalue weighted by Gasteiger charge is -2.17. The molecule has 4 heteroatoms. The van der Waals surface area contributed by atoms with Crippen LogP contribution >= 0.6 is 0 Å². The zero-order valence-corrected chi connectivity index (χ0v) is 11.6. The molecule has 1 aromatic carbocycles. The highest BCUT2D eigenvalue weighted by molar-refractivity contribution is 5.49. The van der Waals surface area contributed by atoms with Crippen LogP contribution in [0.1, 0.15) is 22.3 Å². The quantitative estimate of drug-likeness (QED) is 0.709. The van der Waals surface area contributed by atoms with E-state index in [1.54, 1.807) is 7.11 Å². The van der Waals surface area contributed by atoms with Crippen LogP contribution in [0.2, 0.25) is 0 Å². The Kier molecular flexibility index (Phi) is 5.59. The lowest BCUT2D eigenvalue weighted by Crippen LogP contribution is -2.29. The summed E-state index contributed by atoms with van der Waals surface area (Å²) in [5.74, 6) is 0.901. The second-order valence-electron chi connectivity index (χ2n) is 4.61. The lowest BCUT2D eigenvalue weighted by atomic mass is 9.99. The fourth-order valence-corrected chi connectivity index (χ4v) is 2.03. The van der Waals surface area contributed by atoms with E-state index in [1.807, 2.05) is 6.92 Å². The van der Waals surface area contributed by atoms with Crippen molar-refractivity contribution < 1.29 is 14.9 Å². The van der Waals surface area contributed by atoms with Crippen LogP contribution in [0.25, 0.3) is 0 Å².